The van der Waals surface area contributed by atoms with E-state index in [0.29, 0.717) is 0 Å². The van der Waals surface area contributed by atoms with Crippen LogP contribution in [0.1, 0.15) is 22.3 Å². The first-order chi connectivity index (χ1) is 9.95. The number of hydrogen-bond acceptors (Lipinski definition) is 2. The van der Waals surface area contributed by atoms with Crippen LogP contribution in [0.4, 0.5) is 5.69 Å². The highest BCUT2D eigenvalue weighted by Crippen LogP contribution is 2.23. The second kappa shape index (κ2) is 6.44. The van der Waals surface area contributed by atoms with E-state index in [1.54, 1.807) is 0 Å². The lowest BCUT2D eigenvalue weighted by Crippen LogP contribution is -2.20. The van der Waals surface area contributed by atoms with Crippen molar-refractivity contribution in [1.29, 1.82) is 0 Å². The maximum Gasteiger partial charge on any atom is 0.262 e. The van der Waals surface area contributed by atoms with Gasteiger partial charge in [-0.1, -0.05) is 23.8 Å². The summed E-state index contributed by atoms with van der Waals surface area (Å²) in [5.74, 6) is 0.615. The van der Waals surface area contributed by atoms with Crippen LogP contribution in [-0.4, -0.2) is 12.5 Å². The lowest BCUT2D eigenvalue weighted by molar-refractivity contribution is -0.118. The van der Waals surface area contributed by atoms with Crippen molar-refractivity contribution in [3.63, 3.8) is 0 Å². The summed E-state index contributed by atoms with van der Waals surface area (Å²) < 4.78 is 5.64. The third-order valence-electron chi connectivity index (χ3n) is 3.46. The number of rotatable bonds is 4. The van der Waals surface area contributed by atoms with Gasteiger partial charge in [-0.15, -0.1) is 0 Å². The molecule has 1 amide bonds. The van der Waals surface area contributed by atoms with Gasteiger partial charge in [0.1, 0.15) is 5.75 Å². The Labute approximate surface area is 126 Å². The van der Waals surface area contributed by atoms with Gasteiger partial charge in [-0.3, -0.25) is 4.79 Å². The van der Waals surface area contributed by atoms with Crippen LogP contribution in [0.25, 0.3) is 0 Å². The van der Waals surface area contributed by atoms with Crippen LogP contribution in [0, 0.1) is 27.7 Å². The molecule has 0 spiro atoms. The van der Waals surface area contributed by atoms with E-state index in [0.717, 1.165) is 28.1 Å². The minimum absolute atomic E-state index is 0.0115. The molecule has 3 nitrogen and oxygen atoms in total. The molecule has 0 radical (unpaired) electrons. The number of aryl methyl sites for hydroxylation is 3. The minimum Gasteiger partial charge on any atom is -0.483 e. The third-order valence-corrected chi connectivity index (χ3v) is 3.46. The molecule has 0 fully saturated rings. The monoisotopic (exact) mass is 283 g/mol. The fourth-order valence-electron chi connectivity index (χ4n) is 2.13. The van der Waals surface area contributed by atoms with Crippen LogP contribution in [0.3, 0.4) is 0 Å². The van der Waals surface area contributed by atoms with E-state index in [1.165, 1.54) is 5.56 Å². The Morgan fingerprint density at radius 1 is 1.00 bits per heavy atom. The number of benzene rings is 2. The molecule has 0 atom stereocenters. The topological polar surface area (TPSA) is 38.3 Å². The summed E-state index contributed by atoms with van der Waals surface area (Å²) in [6.07, 6.45) is 0. The Morgan fingerprint density at radius 2 is 1.67 bits per heavy atom. The van der Waals surface area contributed by atoms with E-state index in [4.69, 9.17) is 4.74 Å². The summed E-state index contributed by atoms with van der Waals surface area (Å²) in [6.45, 7) is 8.09. The molecule has 0 aliphatic carbocycles. The summed E-state index contributed by atoms with van der Waals surface area (Å²) in [7, 11) is 0. The summed E-state index contributed by atoms with van der Waals surface area (Å²) in [6, 6.07) is 11.8. The molecule has 2 rings (SSSR count). The zero-order valence-electron chi connectivity index (χ0n) is 13.0. The molecule has 0 aliphatic heterocycles. The van der Waals surface area contributed by atoms with E-state index in [1.807, 2.05) is 58.0 Å². The first-order valence-electron chi connectivity index (χ1n) is 7.03. The van der Waals surface area contributed by atoms with Crippen molar-refractivity contribution < 1.29 is 9.53 Å². The summed E-state index contributed by atoms with van der Waals surface area (Å²) in [5, 5.41) is 2.82. The average molecular weight is 283 g/mol. The molecule has 0 aromatic heterocycles. The molecule has 1 N–H and O–H groups in total. The zero-order chi connectivity index (χ0) is 15.4. The van der Waals surface area contributed by atoms with Gasteiger partial charge in [0.05, 0.1) is 0 Å². The number of amides is 1. The van der Waals surface area contributed by atoms with Crippen molar-refractivity contribution in [3.05, 3.63) is 58.7 Å². The van der Waals surface area contributed by atoms with Gasteiger partial charge in [0.2, 0.25) is 0 Å². The SMILES string of the molecule is Cc1ccc(NC(=O)COc2cc(C)cc(C)c2C)cc1. The Balaban J connectivity index is 1.97. The van der Waals surface area contributed by atoms with Crippen molar-refractivity contribution in [3.8, 4) is 5.75 Å². The molecular formula is C18H21NO2. The number of ether oxygens (including phenoxy) is 1. The molecule has 110 valence electrons. The molecule has 0 bridgehead atoms. The fraction of sp³-hybridized carbons (Fsp3) is 0.278. The zero-order valence-corrected chi connectivity index (χ0v) is 13.0. The van der Waals surface area contributed by atoms with Crippen LogP contribution >= 0.6 is 0 Å². The second-order valence-electron chi connectivity index (χ2n) is 5.41. The lowest BCUT2D eigenvalue weighted by Gasteiger charge is -2.12. The smallest absolute Gasteiger partial charge is 0.262 e. The van der Waals surface area contributed by atoms with E-state index in [2.05, 4.69) is 11.4 Å². The van der Waals surface area contributed by atoms with Gasteiger partial charge in [0, 0.05) is 5.69 Å². The number of carbonyl (C=O) groups is 1. The van der Waals surface area contributed by atoms with Crippen molar-refractivity contribution in [2.75, 3.05) is 11.9 Å². The lowest BCUT2D eigenvalue weighted by atomic mass is 10.1. The number of nitrogens with one attached hydrogen (secondary N) is 1. The van der Waals surface area contributed by atoms with Crippen LogP contribution in [0.2, 0.25) is 0 Å². The largest absolute Gasteiger partial charge is 0.483 e. The number of carbonyl (C=O) groups excluding carboxylic acids is 1. The van der Waals surface area contributed by atoms with Crippen molar-refractivity contribution >= 4 is 11.6 Å². The van der Waals surface area contributed by atoms with E-state index in [-0.39, 0.29) is 12.5 Å². The van der Waals surface area contributed by atoms with E-state index in [9.17, 15) is 4.79 Å². The quantitative estimate of drug-likeness (QED) is 0.923. The number of hydrogen-bond donors (Lipinski definition) is 1. The van der Waals surface area contributed by atoms with Gasteiger partial charge in [-0.05, 0) is 62.6 Å². The average Bonchev–Trinajstić information content (AvgIpc) is 2.44. The minimum atomic E-state index is -0.155. The highest BCUT2D eigenvalue weighted by atomic mass is 16.5. The molecule has 3 heteroatoms. The van der Waals surface area contributed by atoms with E-state index >= 15 is 0 Å². The van der Waals surface area contributed by atoms with Gasteiger partial charge >= 0.3 is 0 Å². The maximum absolute atomic E-state index is 11.9. The highest BCUT2D eigenvalue weighted by molar-refractivity contribution is 5.91. The molecule has 0 aliphatic rings. The number of anilines is 1. The molecular weight excluding hydrogens is 262 g/mol. The highest BCUT2D eigenvalue weighted by Gasteiger charge is 2.07. The standard InChI is InChI=1S/C18H21NO2/c1-12-5-7-16(8-6-12)19-18(20)11-21-17-10-13(2)9-14(3)15(17)4/h5-10H,11H2,1-4H3,(H,19,20). The summed E-state index contributed by atoms with van der Waals surface area (Å²) in [5.41, 5.74) is 5.32. The van der Waals surface area contributed by atoms with Crippen molar-refractivity contribution in [2.24, 2.45) is 0 Å². The second-order valence-corrected chi connectivity index (χ2v) is 5.41. The molecule has 2 aromatic carbocycles. The van der Waals surface area contributed by atoms with Gasteiger partial charge in [-0.2, -0.15) is 0 Å². The Kier molecular flexibility index (Phi) is 4.63. The van der Waals surface area contributed by atoms with Crippen LogP contribution in [0.5, 0.6) is 5.75 Å². The Bertz CT molecular complexity index is 645. The maximum atomic E-state index is 11.9. The predicted octanol–water partition coefficient (Wildman–Crippen LogP) is 3.94. The van der Waals surface area contributed by atoms with Crippen LogP contribution in [0.15, 0.2) is 36.4 Å². The normalized spacial score (nSPS) is 10.3. The Hall–Kier alpha value is -2.29. The fourth-order valence-corrected chi connectivity index (χ4v) is 2.13. The molecule has 0 unspecified atom stereocenters. The summed E-state index contributed by atoms with van der Waals surface area (Å²) >= 11 is 0. The predicted molar refractivity (Wildman–Crippen MR) is 86.0 cm³/mol. The van der Waals surface area contributed by atoms with Crippen molar-refractivity contribution in [1.82, 2.24) is 0 Å². The van der Waals surface area contributed by atoms with Gasteiger partial charge in [-0.25, -0.2) is 0 Å². The summed E-state index contributed by atoms with van der Waals surface area (Å²) in [4.78, 5) is 11.9. The molecule has 0 saturated carbocycles. The first kappa shape index (κ1) is 15.1. The third kappa shape index (κ3) is 4.09. The molecule has 0 heterocycles. The van der Waals surface area contributed by atoms with Crippen LogP contribution in [-0.2, 0) is 4.79 Å². The first-order valence-corrected chi connectivity index (χ1v) is 7.03. The van der Waals surface area contributed by atoms with Crippen molar-refractivity contribution in [2.45, 2.75) is 27.7 Å². The van der Waals surface area contributed by atoms with Crippen LogP contribution < -0.4 is 10.1 Å². The van der Waals surface area contributed by atoms with Gasteiger partial charge in [0.25, 0.3) is 5.91 Å². The molecule has 2 aromatic rings. The van der Waals surface area contributed by atoms with Gasteiger partial charge < -0.3 is 10.1 Å². The molecule has 0 saturated heterocycles. The van der Waals surface area contributed by atoms with E-state index < -0.39 is 0 Å². The molecule has 21 heavy (non-hydrogen) atoms. The Morgan fingerprint density at radius 3 is 2.33 bits per heavy atom. The van der Waals surface area contributed by atoms with Gasteiger partial charge in [0.15, 0.2) is 6.61 Å².